The molecule has 0 radical (unpaired) electrons. The molecule has 3 N–H and O–H groups in total. The smallest absolute Gasteiger partial charge is 0.240 e. The molecule has 1 aromatic rings. The molecule has 1 atom stereocenters. The van der Waals surface area contributed by atoms with Crippen LogP contribution in [-0.4, -0.2) is 33.2 Å². The van der Waals surface area contributed by atoms with Gasteiger partial charge in [0.15, 0.2) is 0 Å². The largest absolute Gasteiger partial charge is 0.389 e. The third kappa shape index (κ3) is 3.99. The average molecular weight is 314 g/mol. The van der Waals surface area contributed by atoms with E-state index in [9.17, 15) is 8.42 Å². The van der Waals surface area contributed by atoms with Crippen LogP contribution < -0.4 is 10.5 Å². The van der Waals surface area contributed by atoms with Crippen molar-refractivity contribution in [1.82, 2.24) is 4.72 Å². The van der Waals surface area contributed by atoms with Gasteiger partial charge in [0.05, 0.1) is 4.90 Å². The normalized spacial score (nSPS) is 19.1. The molecular weight excluding hydrogens is 296 g/mol. The van der Waals surface area contributed by atoms with E-state index in [4.69, 9.17) is 22.7 Å². The maximum absolute atomic E-state index is 12.1. The van der Waals surface area contributed by atoms with E-state index in [1.807, 2.05) is 0 Å². The van der Waals surface area contributed by atoms with Crippen LogP contribution in [0, 0.1) is 5.92 Å². The Hall–Kier alpha value is -1.02. The van der Waals surface area contributed by atoms with E-state index in [1.54, 1.807) is 12.1 Å². The van der Waals surface area contributed by atoms with Gasteiger partial charge in [-0.1, -0.05) is 24.4 Å². The Kier molecular flexibility index (Phi) is 5.09. The van der Waals surface area contributed by atoms with E-state index >= 15 is 0 Å². The zero-order valence-electron chi connectivity index (χ0n) is 11.0. The van der Waals surface area contributed by atoms with Gasteiger partial charge in [0, 0.05) is 25.3 Å². The van der Waals surface area contributed by atoms with Crippen molar-refractivity contribution >= 4 is 27.2 Å². The number of thiocarbonyl (C=S) groups is 1. The summed E-state index contributed by atoms with van der Waals surface area (Å²) in [4.78, 5) is 0.475. The minimum atomic E-state index is -3.47. The topological polar surface area (TPSA) is 81.4 Å². The van der Waals surface area contributed by atoms with Crippen molar-refractivity contribution in [3.05, 3.63) is 29.8 Å². The van der Waals surface area contributed by atoms with E-state index in [0.717, 1.165) is 26.1 Å². The molecule has 1 heterocycles. The van der Waals surface area contributed by atoms with Crippen LogP contribution in [0.1, 0.15) is 18.4 Å². The molecule has 1 aliphatic heterocycles. The van der Waals surface area contributed by atoms with Crippen LogP contribution >= 0.6 is 12.2 Å². The molecule has 0 spiro atoms. The van der Waals surface area contributed by atoms with E-state index in [2.05, 4.69) is 4.72 Å². The fourth-order valence-electron chi connectivity index (χ4n) is 2.09. The van der Waals surface area contributed by atoms with Crippen LogP contribution in [0.4, 0.5) is 0 Å². The van der Waals surface area contributed by atoms with Gasteiger partial charge in [0.2, 0.25) is 10.0 Å². The van der Waals surface area contributed by atoms with Crippen molar-refractivity contribution in [2.45, 2.75) is 17.7 Å². The highest BCUT2D eigenvalue weighted by Gasteiger charge is 2.18. The molecule has 110 valence electrons. The predicted octanol–water partition coefficient (Wildman–Crippen LogP) is 1.03. The highest BCUT2D eigenvalue weighted by molar-refractivity contribution is 7.89. The first-order valence-electron chi connectivity index (χ1n) is 6.46. The van der Waals surface area contributed by atoms with Gasteiger partial charge in [-0.05, 0) is 30.9 Å². The Bertz CT molecular complexity index is 564. The summed E-state index contributed by atoms with van der Waals surface area (Å²) in [5.41, 5.74) is 6.13. The number of hydrogen-bond acceptors (Lipinski definition) is 4. The van der Waals surface area contributed by atoms with Crippen LogP contribution in [-0.2, 0) is 14.8 Å². The van der Waals surface area contributed by atoms with E-state index in [-0.39, 0.29) is 9.88 Å². The maximum Gasteiger partial charge on any atom is 0.240 e. The number of sulfonamides is 1. The second-order valence-corrected chi connectivity index (χ2v) is 7.01. The SMILES string of the molecule is NC(=S)c1ccc(S(=O)(=O)NCCC2CCOC2)cc1. The second kappa shape index (κ2) is 6.62. The van der Waals surface area contributed by atoms with Crippen LogP contribution in [0.5, 0.6) is 0 Å². The molecule has 0 bridgehead atoms. The number of benzene rings is 1. The van der Waals surface area contributed by atoms with Gasteiger partial charge in [-0.2, -0.15) is 0 Å². The van der Waals surface area contributed by atoms with E-state index in [1.165, 1.54) is 12.1 Å². The van der Waals surface area contributed by atoms with Crippen molar-refractivity contribution in [1.29, 1.82) is 0 Å². The molecule has 1 aromatic carbocycles. The van der Waals surface area contributed by atoms with Crippen molar-refractivity contribution in [3.63, 3.8) is 0 Å². The molecular formula is C13H18N2O3S2. The summed E-state index contributed by atoms with van der Waals surface area (Å²) < 4.78 is 32.0. The Morgan fingerprint density at radius 2 is 2.10 bits per heavy atom. The highest BCUT2D eigenvalue weighted by Crippen LogP contribution is 2.16. The standard InChI is InChI=1S/C13H18N2O3S2/c14-13(19)11-1-3-12(4-2-11)20(16,17)15-7-5-10-6-8-18-9-10/h1-4,10,15H,5-9H2,(H2,14,19). The molecule has 0 saturated carbocycles. The molecule has 1 aliphatic rings. The first-order valence-corrected chi connectivity index (χ1v) is 8.35. The van der Waals surface area contributed by atoms with Gasteiger partial charge in [-0.3, -0.25) is 0 Å². The summed E-state index contributed by atoms with van der Waals surface area (Å²) in [7, 11) is -3.47. The minimum absolute atomic E-state index is 0.222. The Balaban J connectivity index is 1.93. The van der Waals surface area contributed by atoms with Gasteiger partial charge >= 0.3 is 0 Å². The Morgan fingerprint density at radius 1 is 1.40 bits per heavy atom. The fourth-order valence-corrected chi connectivity index (χ4v) is 3.27. The van der Waals surface area contributed by atoms with Gasteiger partial charge in [0.1, 0.15) is 4.99 Å². The van der Waals surface area contributed by atoms with E-state index < -0.39 is 10.0 Å². The molecule has 0 amide bonds. The summed E-state index contributed by atoms with van der Waals surface area (Å²) in [5, 5.41) is 0. The van der Waals surface area contributed by atoms with Gasteiger partial charge in [-0.15, -0.1) is 0 Å². The third-order valence-corrected chi connectivity index (χ3v) is 5.03. The van der Waals surface area contributed by atoms with Crippen LogP contribution in [0.25, 0.3) is 0 Å². The maximum atomic E-state index is 12.1. The average Bonchev–Trinajstić information content (AvgIpc) is 2.92. The molecule has 5 nitrogen and oxygen atoms in total. The molecule has 20 heavy (non-hydrogen) atoms. The molecule has 0 aliphatic carbocycles. The summed E-state index contributed by atoms with van der Waals surface area (Å²) in [6.07, 6.45) is 1.80. The lowest BCUT2D eigenvalue weighted by Crippen LogP contribution is -2.26. The number of ether oxygens (including phenoxy) is 1. The molecule has 1 saturated heterocycles. The fraction of sp³-hybridized carbons (Fsp3) is 0.462. The van der Waals surface area contributed by atoms with Crippen molar-refractivity contribution in [2.24, 2.45) is 11.7 Å². The zero-order chi connectivity index (χ0) is 14.6. The summed E-state index contributed by atoms with van der Waals surface area (Å²) in [5.74, 6) is 0.453. The van der Waals surface area contributed by atoms with Gasteiger partial charge in [0.25, 0.3) is 0 Å². The number of nitrogens with two attached hydrogens (primary N) is 1. The molecule has 1 fully saturated rings. The Labute approximate surface area is 124 Å². The quantitative estimate of drug-likeness (QED) is 0.766. The lowest BCUT2D eigenvalue weighted by atomic mass is 10.1. The number of hydrogen-bond donors (Lipinski definition) is 2. The predicted molar refractivity (Wildman–Crippen MR) is 81.1 cm³/mol. The minimum Gasteiger partial charge on any atom is -0.389 e. The molecule has 1 unspecified atom stereocenters. The first kappa shape index (κ1) is 15.4. The lowest BCUT2D eigenvalue weighted by molar-refractivity contribution is 0.184. The summed E-state index contributed by atoms with van der Waals surface area (Å²) >= 11 is 4.83. The second-order valence-electron chi connectivity index (χ2n) is 4.80. The van der Waals surface area contributed by atoms with Crippen LogP contribution in [0.3, 0.4) is 0 Å². The number of rotatable bonds is 6. The third-order valence-electron chi connectivity index (χ3n) is 3.32. The van der Waals surface area contributed by atoms with Crippen molar-refractivity contribution < 1.29 is 13.2 Å². The lowest BCUT2D eigenvalue weighted by Gasteiger charge is -2.10. The van der Waals surface area contributed by atoms with Gasteiger partial charge in [-0.25, -0.2) is 13.1 Å². The monoisotopic (exact) mass is 314 g/mol. The van der Waals surface area contributed by atoms with Crippen LogP contribution in [0.15, 0.2) is 29.2 Å². The molecule has 7 heteroatoms. The summed E-state index contributed by atoms with van der Waals surface area (Å²) in [6.45, 7) is 1.93. The van der Waals surface area contributed by atoms with E-state index in [0.29, 0.717) is 18.0 Å². The molecule has 2 rings (SSSR count). The number of nitrogens with one attached hydrogen (secondary N) is 1. The first-order chi connectivity index (χ1) is 9.49. The Morgan fingerprint density at radius 3 is 2.65 bits per heavy atom. The molecule has 0 aromatic heterocycles. The highest BCUT2D eigenvalue weighted by atomic mass is 32.2. The van der Waals surface area contributed by atoms with Crippen molar-refractivity contribution in [2.75, 3.05) is 19.8 Å². The summed E-state index contributed by atoms with van der Waals surface area (Å²) in [6, 6.07) is 6.24. The van der Waals surface area contributed by atoms with Crippen molar-refractivity contribution in [3.8, 4) is 0 Å². The van der Waals surface area contributed by atoms with Gasteiger partial charge < -0.3 is 10.5 Å². The zero-order valence-corrected chi connectivity index (χ0v) is 12.7. The van der Waals surface area contributed by atoms with Crippen LogP contribution in [0.2, 0.25) is 0 Å².